The molecule has 1 heterocycles. The molecule has 0 aliphatic carbocycles. The van der Waals surface area contributed by atoms with Gasteiger partial charge in [-0.2, -0.15) is 0 Å². The first-order chi connectivity index (χ1) is 10.6. The highest BCUT2D eigenvalue weighted by Crippen LogP contribution is 2.22. The molecule has 0 radical (unpaired) electrons. The Hall–Kier alpha value is -1.42. The van der Waals surface area contributed by atoms with Crippen LogP contribution in [0.1, 0.15) is 51.1 Å². The lowest BCUT2D eigenvalue weighted by molar-refractivity contribution is -0.123. The van der Waals surface area contributed by atoms with Crippen molar-refractivity contribution >= 4 is 5.91 Å². The van der Waals surface area contributed by atoms with E-state index < -0.39 is 0 Å². The van der Waals surface area contributed by atoms with E-state index >= 15 is 0 Å². The lowest BCUT2D eigenvalue weighted by atomic mass is 9.93. The van der Waals surface area contributed by atoms with Crippen molar-refractivity contribution in [3.8, 4) is 0 Å². The molecule has 0 aromatic heterocycles. The zero-order valence-corrected chi connectivity index (χ0v) is 13.6. The third kappa shape index (κ3) is 4.80. The van der Waals surface area contributed by atoms with Gasteiger partial charge in [0.15, 0.2) is 0 Å². The average molecular weight is 306 g/mol. The summed E-state index contributed by atoms with van der Waals surface area (Å²) in [5.74, 6) is 0.368. The number of hydrogen-bond donors (Lipinski definition) is 1. The van der Waals surface area contributed by atoms with Gasteiger partial charge in [0.2, 0.25) is 5.91 Å². The predicted octanol–water partition coefficient (Wildman–Crippen LogP) is 3.52. The molecule has 1 aromatic rings. The number of benzene rings is 1. The fourth-order valence-electron chi connectivity index (χ4n) is 3.14. The van der Waals surface area contributed by atoms with Crippen LogP contribution in [0.15, 0.2) is 24.3 Å². The molecule has 122 valence electrons. The minimum atomic E-state index is -0.243. The number of nitrogens with one attached hydrogen (secondary N) is 1. The summed E-state index contributed by atoms with van der Waals surface area (Å²) in [6.45, 7) is 7.52. The van der Waals surface area contributed by atoms with E-state index in [9.17, 15) is 9.18 Å². The summed E-state index contributed by atoms with van der Waals surface area (Å²) < 4.78 is 13.0. The predicted molar refractivity (Wildman–Crippen MR) is 87.0 cm³/mol. The summed E-state index contributed by atoms with van der Waals surface area (Å²) >= 11 is 0. The number of nitrogens with zero attached hydrogens (tertiary/aromatic N) is 1. The van der Waals surface area contributed by atoms with Gasteiger partial charge in [-0.05, 0) is 62.5 Å². The maximum atomic E-state index is 13.0. The van der Waals surface area contributed by atoms with Gasteiger partial charge in [-0.15, -0.1) is 0 Å². The number of amides is 1. The molecule has 0 bridgehead atoms. The molecule has 3 nitrogen and oxygen atoms in total. The second kappa shape index (κ2) is 8.28. The van der Waals surface area contributed by atoms with E-state index in [1.165, 1.54) is 12.1 Å². The number of halogens is 1. The van der Waals surface area contributed by atoms with Gasteiger partial charge in [-0.3, -0.25) is 4.79 Å². The van der Waals surface area contributed by atoms with Crippen molar-refractivity contribution in [1.29, 1.82) is 0 Å². The highest BCUT2D eigenvalue weighted by Gasteiger charge is 2.22. The summed E-state index contributed by atoms with van der Waals surface area (Å²) in [6.07, 6.45) is 3.63. The Bertz CT molecular complexity index is 466. The second-order valence-corrected chi connectivity index (χ2v) is 6.16. The monoisotopic (exact) mass is 306 g/mol. The largest absolute Gasteiger partial charge is 0.349 e. The van der Waals surface area contributed by atoms with Crippen LogP contribution in [0.25, 0.3) is 0 Å². The quantitative estimate of drug-likeness (QED) is 0.872. The Morgan fingerprint density at radius 3 is 2.45 bits per heavy atom. The summed E-state index contributed by atoms with van der Waals surface area (Å²) in [7, 11) is 0. The SMILES string of the molecule is CC[C@H](NC(=O)CC1CCN(CC)CC1)c1ccc(F)cc1. The van der Waals surface area contributed by atoms with E-state index in [0.717, 1.165) is 44.5 Å². The molecule has 2 rings (SSSR count). The topological polar surface area (TPSA) is 32.3 Å². The van der Waals surface area contributed by atoms with Gasteiger partial charge in [0.1, 0.15) is 5.82 Å². The van der Waals surface area contributed by atoms with Crippen molar-refractivity contribution in [3.05, 3.63) is 35.6 Å². The van der Waals surface area contributed by atoms with Gasteiger partial charge >= 0.3 is 0 Å². The normalized spacial score (nSPS) is 18.1. The molecular formula is C18H27FN2O. The van der Waals surface area contributed by atoms with Crippen molar-refractivity contribution in [2.45, 2.75) is 45.6 Å². The van der Waals surface area contributed by atoms with E-state index in [4.69, 9.17) is 0 Å². The fourth-order valence-corrected chi connectivity index (χ4v) is 3.14. The summed E-state index contributed by atoms with van der Waals surface area (Å²) in [4.78, 5) is 14.7. The molecule has 1 fully saturated rings. The van der Waals surface area contributed by atoms with Gasteiger partial charge in [0.25, 0.3) is 0 Å². The van der Waals surface area contributed by atoms with Crippen molar-refractivity contribution in [2.24, 2.45) is 5.92 Å². The van der Waals surface area contributed by atoms with Crippen LogP contribution < -0.4 is 5.32 Å². The number of hydrogen-bond acceptors (Lipinski definition) is 2. The van der Waals surface area contributed by atoms with Crippen LogP contribution in [0, 0.1) is 11.7 Å². The first-order valence-electron chi connectivity index (χ1n) is 8.39. The molecular weight excluding hydrogens is 279 g/mol. The Kier molecular flexibility index (Phi) is 6.37. The molecule has 1 N–H and O–H groups in total. The third-order valence-electron chi connectivity index (χ3n) is 4.64. The zero-order valence-electron chi connectivity index (χ0n) is 13.6. The molecule has 1 aromatic carbocycles. The Morgan fingerprint density at radius 2 is 1.91 bits per heavy atom. The van der Waals surface area contributed by atoms with Gasteiger partial charge in [0, 0.05) is 6.42 Å². The Morgan fingerprint density at radius 1 is 1.27 bits per heavy atom. The van der Waals surface area contributed by atoms with Crippen molar-refractivity contribution in [3.63, 3.8) is 0 Å². The Labute approximate surface area is 132 Å². The number of piperidine rings is 1. The number of rotatable bonds is 6. The zero-order chi connectivity index (χ0) is 15.9. The van der Waals surface area contributed by atoms with Crippen LogP contribution in [0.5, 0.6) is 0 Å². The molecule has 1 aliphatic heterocycles. The molecule has 0 spiro atoms. The van der Waals surface area contributed by atoms with Crippen LogP contribution in [0.2, 0.25) is 0 Å². The van der Waals surface area contributed by atoms with Crippen LogP contribution in [0.3, 0.4) is 0 Å². The van der Waals surface area contributed by atoms with E-state index in [0.29, 0.717) is 12.3 Å². The number of carbonyl (C=O) groups is 1. The molecule has 0 unspecified atom stereocenters. The summed E-state index contributed by atoms with van der Waals surface area (Å²) in [6, 6.07) is 6.38. The maximum absolute atomic E-state index is 13.0. The second-order valence-electron chi connectivity index (χ2n) is 6.16. The minimum absolute atomic E-state index is 0.0242. The van der Waals surface area contributed by atoms with E-state index in [-0.39, 0.29) is 17.8 Å². The summed E-state index contributed by atoms with van der Waals surface area (Å²) in [5, 5.41) is 3.10. The third-order valence-corrected chi connectivity index (χ3v) is 4.64. The van der Waals surface area contributed by atoms with Crippen molar-refractivity contribution in [1.82, 2.24) is 10.2 Å². The van der Waals surface area contributed by atoms with Crippen LogP contribution in [-0.4, -0.2) is 30.4 Å². The summed E-state index contributed by atoms with van der Waals surface area (Å²) in [5.41, 5.74) is 0.970. The average Bonchev–Trinajstić information content (AvgIpc) is 2.54. The number of likely N-dealkylation sites (tertiary alicyclic amines) is 1. The highest BCUT2D eigenvalue weighted by molar-refractivity contribution is 5.76. The standard InChI is InChI=1S/C18H27FN2O/c1-3-17(15-5-7-16(19)8-6-15)20-18(22)13-14-9-11-21(4-2)12-10-14/h5-8,14,17H,3-4,9-13H2,1-2H3,(H,20,22)/t17-/m0/s1. The van der Waals surface area contributed by atoms with E-state index in [2.05, 4.69) is 17.1 Å². The molecule has 1 saturated heterocycles. The first kappa shape index (κ1) is 16.9. The number of carbonyl (C=O) groups excluding carboxylic acids is 1. The van der Waals surface area contributed by atoms with Crippen LogP contribution >= 0.6 is 0 Å². The minimum Gasteiger partial charge on any atom is -0.349 e. The molecule has 22 heavy (non-hydrogen) atoms. The van der Waals surface area contributed by atoms with E-state index in [1.807, 2.05) is 6.92 Å². The molecule has 4 heteroatoms. The lowest BCUT2D eigenvalue weighted by Crippen LogP contribution is -2.36. The van der Waals surface area contributed by atoms with Crippen LogP contribution in [0.4, 0.5) is 4.39 Å². The van der Waals surface area contributed by atoms with Gasteiger partial charge in [-0.25, -0.2) is 4.39 Å². The molecule has 0 saturated carbocycles. The first-order valence-corrected chi connectivity index (χ1v) is 8.39. The Balaban J connectivity index is 1.83. The molecule has 1 amide bonds. The highest BCUT2D eigenvalue weighted by atomic mass is 19.1. The van der Waals surface area contributed by atoms with Crippen LogP contribution in [-0.2, 0) is 4.79 Å². The van der Waals surface area contributed by atoms with Crippen molar-refractivity contribution in [2.75, 3.05) is 19.6 Å². The molecule has 1 aliphatic rings. The fraction of sp³-hybridized carbons (Fsp3) is 0.611. The smallest absolute Gasteiger partial charge is 0.220 e. The van der Waals surface area contributed by atoms with Gasteiger partial charge < -0.3 is 10.2 Å². The van der Waals surface area contributed by atoms with Crippen molar-refractivity contribution < 1.29 is 9.18 Å². The lowest BCUT2D eigenvalue weighted by Gasteiger charge is -2.31. The maximum Gasteiger partial charge on any atom is 0.220 e. The van der Waals surface area contributed by atoms with E-state index in [1.54, 1.807) is 12.1 Å². The molecule has 1 atom stereocenters. The van der Waals surface area contributed by atoms with Gasteiger partial charge in [-0.1, -0.05) is 26.0 Å². The van der Waals surface area contributed by atoms with Gasteiger partial charge in [0.05, 0.1) is 6.04 Å².